The number of aliphatic hydroxyl groups excluding tert-OH is 1. The second kappa shape index (κ2) is 2.13. The smallest absolute Gasteiger partial charge is 0.344 e. The predicted octanol–water partition coefficient (Wildman–Crippen LogP) is 0.292. The molecular weight excluding hydrogens is 136 g/mol. The summed E-state index contributed by atoms with van der Waals surface area (Å²) in [6, 6.07) is 0. The molecule has 0 saturated carbocycles. The van der Waals surface area contributed by atoms with Gasteiger partial charge in [0, 0.05) is 0 Å². The summed E-state index contributed by atoms with van der Waals surface area (Å²) in [5, 5.41) is 8.88. The molecule has 0 bridgehead atoms. The number of carbonyl (C=O) groups is 2. The van der Waals surface area contributed by atoms with Gasteiger partial charge in [-0.25, -0.2) is 4.79 Å². The van der Waals surface area contributed by atoms with Gasteiger partial charge in [-0.3, -0.25) is 4.79 Å². The van der Waals surface area contributed by atoms with Crippen LogP contribution in [0.3, 0.4) is 0 Å². The lowest BCUT2D eigenvalue weighted by Gasteiger charge is -2.09. The molecule has 0 aromatic carbocycles. The van der Waals surface area contributed by atoms with Crippen molar-refractivity contribution in [3.8, 4) is 0 Å². The Morgan fingerprint density at radius 3 is 2.60 bits per heavy atom. The number of rotatable bonds is 0. The van der Waals surface area contributed by atoms with Gasteiger partial charge in [0.1, 0.15) is 12.2 Å². The van der Waals surface area contributed by atoms with Gasteiger partial charge >= 0.3 is 11.9 Å². The molecule has 1 heterocycles. The summed E-state index contributed by atoms with van der Waals surface area (Å²) in [6.45, 7) is 1.41. The van der Waals surface area contributed by atoms with Gasteiger partial charge in [-0.2, -0.15) is 0 Å². The van der Waals surface area contributed by atoms with Crippen molar-refractivity contribution in [1.82, 2.24) is 0 Å². The number of cyclic esters (lactones) is 2. The van der Waals surface area contributed by atoms with Gasteiger partial charge in [-0.05, 0) is 6.92 Å². The van der Waals surface area contributed by atoms with Crippen molar-refractivity contribution in [1.29, 1.82) is 0 Å². The van der Waals surface area contributed by atoms with Crippen molar-refractivity contribution in [2.45, 2.75) is 13.3 Å². The zero-order chi connectivity index (χ0) is 7.72. The van der Waals surface area contributed by atoms with Gasteiger partial charge in [0.05, 0.1) is 5.57 Å². The van der Waals surface area contributed by atoms with Crippen LogP contribution >= 0.6 is 0 Å². The lowest BCUT2D eigenvalue weighted by Crippen LogP contribution is -2.20. The first kappa shape index (κ1) is 6.80. The molecule has 4 heteroatoms. The average molecular weight is 142 g/mol. The third-order valence-electron chi connectivity index (χ3n) is 1.26. The third-order valence-corrected chi connectivity index (χ3v) is 1.26. The molecule has 1 aliphatic rings. The van der Waals surface area contributed by atoms with Crippen molar-refractivity contribution in [2.75, 3.05) is 0 Å². The molecule has 0 radical (unpaired) electrons. The van der Waals surface area contributed by atoms with Gasteiger partial charge in [0.2, 0.25) is 0 Å². The summed E-state index contributed by atoms with van der Waals surface area (Å²) in [5.41, 5.74) is 0.111. The zero-order valence-corrected chi connectivity index (χ0v) is 5.38. The van der Waals surface area contributed by atoms with Gasteiger partial charge in [-0.15, -0.1) is 0 Å². The van der Waals surface area contributed by atoms with Crippen LogP contribution < -0.4 is 0 Å². The number of ether oxygens (including phenoxy) is 1. The van der Waals surface area contributed by atoms with Crippen molar-refractivity contribution in [2.24, 2.45) is 0 Å². The Kier molecular flexibility index (Phi) is 1.45. The predicted molar refractivity (Wildman–Crippen MR) is 31.0 cm³/mol. The normalized spacial score (nSPS) is 19.3. The second-order valence-corrected chi connectivity index (χ2v) is 2.01. The molecule has 0 unspecified atom stereocenters. The topological polar surface area (TPSA) is 63.6 Å². The summed E-state index contributed by atoms with van der Waals surface area (Å²) in [5.74, 6) is -1.65. The van der Waals surface area contributed by atoms with Gasteiger partial charge in [0.15, 0.2) is 0 Å². The minimum atomic E-state index is -0.756. The lowest BCUT2D eigenvalue weighted by molar-refractivity contribution is -0.158. The van der Waals surface area contributed by atoms with E-state index in [1.165, 1.54) is 6.92 Å². The maximum Gasteiger partial charge on any atom is 0.344 e. The number of hydrogen-bond donors (Lipinski definition) is 1. The van der Waals surface area contributed by atoms with E-state index in [1.807, 2.05) is 0 Å². The Hall–Kier alpha value is -1.32. The van der Waals surface area contributed by atoms with Crippen LogP contribution in [0.2, 0.25) is 0 Å². The summed E-state index contributed by atoms with van der Waals surface area (Å²) >= 11 is 0. The Morgan fingerprint density at radius 1 is 1.50 bits per heavy atom. The molecule has 1 rings (SSSR count). The van der Waals surface area contributed by atoms with E-state index in [0.29, 0.717) is 0 Å². The molecule has 0 aromatic heterocycles. The molecule has 0 amide bonds. The SMILES string of the molecule is CC1=C(O)CC(=O)OC1=O. The fourth-order valence-corrected chi connectivity index (χ4v) is 0.603. The van der Waals surface area contributed by atoms with Crippen LogP contribution in [-0.4, -0.2) is 17.0 Å². The van der Waals surface area contributed by atoms with E-state index in [-0.39, 0.29) is 17.8 Å². The molecule has 0 spiro atoms. The number of carbonyl (C=O) groups excluding carboxylic acids is 2. The van der Waals surface area contributed by atoms with Crippen molar-refractivity contribution >= 4 is 11.9 Å². The monoisotopic (exact) mass is 142 g/mol. The van der Waals surface area contributed by atoms with Crippen LogP contribution in [0.1, 0.15) is 13.3 Å². The number of aliphatic hydroxyl groups is 1. The van der Waals surface area contributed by atoms with Gasteiger partial charge in [-0.1, -0.05) is 0 Å². The maximum atomic E-state index is 10.6. The van der Waals surface area contributed by atoms with Crippen LogP contribution in [0.25, 0.3) is 0 Å². The number of esters is 2. The Bertz CT molecular complexity index is 226. The first-order valence-electron chi connectivity index (χ1n) is 2.75. The highest BCUT2D eigenvalue weighted by molar-refractivity contribution is 5.99. The molecule has 0 aromatic rings. The standard InChI is InChI=1S/C6H6O4/c1-3-4(7)2-5(8)10-6(3)9/h7H,2H2,1H3. The van der Waals surface area contributed by atoms with E-state index in [2.05, 4.69) is 4.74 Å². The molecule has 1 N–H and O–H groups in total. The Morgan fingerprint density at radius 2 is 2.10 bits per heavy atom. The summed E-state index contributed by atoms with van der Waals surface area (Å²) in [6.07, 6.45) is -0.197. The highest BCUT2D eigenvalue weighted by atomic mass is 16.6. The van der Waals surface area contributed by atoms with E-state index in [4.69, 9.17) is 5.11 Å². The first-order valence-corrected chi connectivity index (χ1v) is 2.75. The van der Waals surface area contributed by atoms with Crippen molar-refractivity contribution in [3.05, 3.63) is 11.3 Å². The fraction of sp³-hybridized carbons (Fsp3) is 0.333. The molecule has 10 heavy (non-hydrogen) atoms. The Balaban J connectivity index is 2.95. The van der Waals surface area contributed by atoms with Crippen molar-refractivity contribution in [3.63, 3.8) is 0 Å². The molecule has 0 saturated heterocycles. The lowest BCUT2D eigenvalue weighted by atomic mass is 10.2. The maximum absolute atomic E-state index is 10.6. The summed E-state index contributed by atoms with van der Waals surface area (Å²) in [7, 11) is 0. The molecule has 0 fully saturated rings. The molecule has 0 atom stereocenters. The van der Waals surface area contributed by atoms with Crippen LogP contribution in [0.4, 0.5) is 0 Å². The van der Waals surface area contributed by atoms with Crippen LogP contribution in [0.5, 0.6) is 0 Å². The second-order valence-electron chi connectivity index (χ2n) is 2.01. The van der Waals surface area contributed by atoms with E-state index in [9.17, 15) is 9.59 Å². The molecular formula is C6H6O4. The number of hydrogen-bond acceptors (Lipinski definition) is 4. The fourth-order valence-electron chi connectivity index (χ4n) is 0.603. The average Bonchev–Trinajstić information content (AvgIpc) is 1.82. The third kappa shape index (κ3) is 1.00. The molecule has 54 valence electrons. The molecule has 0 aliphatic carbocycles. The minimum absolute atomic E-state index is 0.111. The first-order chi connectivity index (χ1) is 4.61. The van der Waals surface area contributed by atoms with Crippen molar-refractivity contribution < 1.29 is 19.4 Å². The summed E-state index contributed by atoms with van der Waals surface area (Å²) in [4.78, 5) is 20.9. The van der Waals surface area contributed by atoms with E-state index >= 15 is 0 Å². The van der Waals surface area contributed by atoms with Crippen LogP contribution in [-0.2, 0) is 14.3 Å². The van der Waals surface area contributed by atoms with Crippen LogP contribution in [0, 0.1) is 0 Å². The quantitative estimate of drug-likeness (QED) is 0.390. The highest BCUT2D eigenvalue weighted by Crippen LogP contribution is 2.13. The van der Waals surface area contributed by atoms with Gasteiger partial charge < -0.3 is 9.84 Å². The van der Waals surface area contributed by atoms with Crippen LogP contribution in [0.15, 0.2) is 11.3 Å². The minimum Gasteiger partial charge on any atom is -0.511 e. The van der Waals surface area contributed by atoms with Gasteiger partial charge in [0.25, 0.3) is 0 Å². The van der Waals surface area contributed by atoms with E-state index in [0.717, 1.165) is 0 Å². The molecule has 1 aliphatic heterocycles. The highest BCUT2D eigenvalue weighted by Gasteiger charge is 2.23. The van der Waals surface area contributed by atoms with E-state index < -0.39 is 11.9 Å². The zero-order valence-electron chi connectivity index (χ0n) is 5.38. The summed E-state index contributed by atoms with van der Waals surface area (Å²) < 4.78 is 4.17. The van der Waals surface area contributed by atoms with E-state index in [1.54, 1.807) is 0 Å². The Labute approximate surface area is 57.1 Å². The largest absolute Gasteiger partial charge is 0.511 e. The molecule has 4 nitrogen and oxygen atoms in total.